The van der Waals surface area contributed by atoms with Crippen molar-refractivity contribution in [1.82, 2.24) is 20.1 Å². The molecule has 1 fully saturated rings. The number of rotatable bonds is 6. The summed E-state index contributed by atoms with van der Waals surface area (Å²) in [7, 11) is 0. The van der Waals surface area contributed by atoms with Crippen molar-refractivity contribution in [3.63, 3.8) is 0 Å². The number of nitrogens with one attached hydrogen (secondary N) is 1. The monoisotopic (exact) mass is 368 g/mol. The molecule has 0 radical (unpaired) electrons. The highest BCUT2D eigenvalue weighted by molar-refractivity contribution is 7.98. The zero-order valence-corrected chi connectivity index (χ0v) is 15.3. The second-order valence-corrected chi connectivity index (χ2v) is 7.42. The summed E-state index contributed by atoms with van der Waals surface area (Å²) < 4.78 is 15.3. The van der Waals surface area contributed by atoms with Crippen LogP contribution in [0.1, 0.15) is 35.8 Å². The summed E-state index contributed by atoms with van der Waals surface area (Å²) in [6, 6.07) is 17.3. The minimum absolute atomic E-state index is 0.208. The maximum Gasteiger partial charge on any atom is 0.191 e. The van der Waals surface area contributed by atoms with Crippen LogP contribution in [0.4, 0.5) is 4.39 Å². The molecular formula is C20H21FN4S. The molecule has 1 saturated heterocycles. The smallest absolute Gasteiger partial charge is 0.191 e. The number of hydrogen-bond donors (Lipinski definition) is 1. The maximum absolute atomic E-state index is 13.1. The van der Waals surface area contributed by atoms with Crippen molar-refractivity contribution in [2.75, 3.05) is 6.54 Å². The first-order valence-corrected chi connectivity index (χ1v) is 9.86. The minimum atomic E-state index is -0.208. The highest BCUT2D eigenvalue weighted by Gasteiger charge is 2.24. The summed E-state index contributed by atoms with van der Waals surface area (Å²) in [5, 5.41) is 13.4. The van der Waals surface area contributed by atoms with Gasteiger partial charge in [0, 0.05) is 5.75 Å². The van der Waals surface area contributed by atoms with Gasteiger partial charge in [-0.25, -0.2) is 4.39 Å². The quantitative estimate of drug-likeness (QED) is 0.663. The average Bonchev–Trinajstić information content (AvgIpc) is 3.32. The summed E-state index contributed by atoms with van der Waals surface area (Å²) in [6.45, 7) is 1.79. The van der Waals surface area contributed by atoms with E-state index in [9.17, 15) is 4.39 Å². The maximum atomic E-state index is 13.1. The number of thioether (sulfide) groups is 1. The summed E-state index contributed by atoms with van der Waals surface area (Å²) in [6.07, 6.45) is 2.26. The predicted molar refractivity (Wildman–Crippen MR) is 102 cm³/mol. The first-order valence-electron chi connectivity index (χ1n) is 8.87. The fourth-order valence-corrected chi connectivity index (χ4v) is 4.11. The van der Waals surface area contributed by atoms with Gasteiger partial charge in [-0.05, 0) is 42.6 Å². The standard InChI is InChI=1S/C20H21FN4S/c21-17-10-8-16(9-11-17)14-26-20-24-23-19(18-7-4-12-22-18)25(20)13-15-5-2-1-3-6-15/h1-3,5-6,8-11,18,22H,4,7,12-14H2. The van der Waals surface area contributed by atoms with Gasteiger partial charge in [0.1, 0.15) is 5.82 Å². The van der Waals surface area contributed by atoms with Gasteiger partial charge < -0.3 is 9.88 Å². The van der Waals surface area contributed by atoms with E-state index in [-0.39, 0.29) is 11.9 Å². The highest BCUT2D eigenvalue weighted by atomic mass is 32.2. The van der Waals surface area contributed by atoms with Crippen molar-refractivity contribution in [3.05, 3.63) is 77.4 Å². The second-order valence-electron chi connectivity index (χ2n) is 6.48. The molecule has 26 heavy (non-hydrogen) atoms. The van der Waals surface area contributed by atoms with Crippen LogP contribution >= 0.6 is 11.8 Å². The Balaban J connectivity index is 1.57. The van der Waals surface area contributed by atoms with Crippen LogP contribution in [0.25, 0.3) is 0 Å². The van der Waals surface area contributed by atoms with Gasteiger partial charge in [0.15, 0.2) is 11.0 Å². The SMILES string of the molecule is Fc1ccc(CSc2nnc(C3CCCN3)n2Cc2ccccc2)cc1. The molecule has 1 aliphatic heterocycles. The lowest BCUT2D eigenvalue weighted by Crippen LogP contribution is -2.19. The number of aromatic nitrogens is 3. The van der Waals surface area contributed by atoms with Gasteiger partial charge in [-0.2, -0.15) is 0 Å². The molecule has 6 heteroatoms. The molecule has 0 spiro atoms. The van der Waals surface area contributed by atoms with E-state index in [1.165, 1.54) is 24.1 Å². The lowest BCUT2D eigenvalue weighted by atomic mass is 10.2. The van der Waals surface area contributed by atoms with Gasteiger partial charge in [0.2, 0.25) is 0 Å². The van der Waals surface area contributed by atoms with Crippen LogP contribution in [0.3, 0.4) is 0 Å². The van der Waals surface area contributed by atoms with Crippen LogP contribution < -0.4 is 5.32 Å². The van der Waals surface area contributed by atoms with Crippen molar-refractivity contribution in [2.24, 2.45) is 0 Å². The molecule has 4 rings (SSSR count). The summed E-state index contributed by atoms with van der Waals surface area (Å²) in [5.74, 6) is 1.54. The average molecular weight is 368 g/mol. The Kier molecular flexibility index (Phi) is 5.32. The lowest BCUT2D eigenvalue weighted by molar-refractivity contribution is 0.550. The van der Waals surface area contributed by atoms with Gasteiger partial charge in [-0.3, -0.25) is 0 Å². The normalized spacial score (nSPS) is 16.9. The number of hydrogen-bond acceptors (Lipinski definition) is 4. The van der Waals surface area contributed by atoms with Crippen LogP contribution in [-0.4, -0.2) is 21.3 Å². The van der Waals surface area contributed by atoms with Crippen LogP contribution in [0.15, 0.2) is 59.8 Å². The Hall–Kier alpha value is -2.18. The molecule has 4 nitrogen and oxygen atoms in total. The van der Waals surface area contributed by atoms with E-state index in [2.05, 4.69) is 44.3 Å². The van der Waals surface area contributed by atoms with Gasteiger partial charge in [0.05, 0.1) is 12.6 Å². The molecule has 134 valence electrons. The molecule has 2 heterocycles. The van der Waals surface area contributed by atoms with Crippen molar-refractivity contribution in [3.8, 4) is 0 Å². The van der Waals surface area contributed by atoms with E-state index >= 15 is 0 Å². The topological polar surface area (TPSA) is 42.7 Å². The molecule has 0 amide bonds. The molecule has 0 saturated carbocycles. The number of benzene rings is 2. The van der Waals surface area contributed by atoms with Gasteiger partial charge in [-0.15, -0.1) is 10.2 Å². The second kappa shape index (κ2) is 8.01. The van der Waals surface area contributed by atoms with E-state index in [1.807, 2.05) is 18.2 Å². The van der Waals surface area contributed by atoms with E-state index in [4.69, 9.17) is 0 Å². The molecule has 3 aromatic rings. The van der Waals surface area contributed by atoms with Crippen LogP contribution in [-0.2, 0) is 12.3 Å². The van der Waals surface area contributed by atoms with Crippen LogP contribution in [0.2, 0.25) is 0 Å². The van der Waals surface area contributed by atoms with E-state index in [1.54, 1.807) is 11.8 Å². The Labute approximate surface area is 156 Å². The van der Waals surface area contributed by atoms with Crippen LogP contribution in [0.5, 0.6) is 0 Å². The third-order valence-corrected chi connectivity index (χ3v) is 5.62. The Morgan fingerprint density at radius 3 is 2.58 bits per heavy atom. The molecule has 2 aromatic carbocycles. The van der Waals surface area contributed by atoms with Gasteiger partial charge in [0.25, 0.3) is 0 Å². The predicted octanol–water partition coefficient (Wildman–Crippen LogP) is 4.18. The molecule has 0 bridgehead atoms. The third-order valence-electron chi connectivity index (χ3n) is 4.58. The van der Waals surface area contributed by atoms with Crippen molar-refractivity contribution >= 4 is 11.8 Å². The van der Waals surface area contributed by atoms with Crippen LogP contribution in [0, 0.1) is 5.82 Å². The highest BCUT2D eigenvalue weighted by Crippen LogP contribution is 2.28. The summed E-state index contributed by atoms with van der Waals surface area (Å²) in [5.41, 5.74) is 2.31. The van der Waals surface area contributed by atoms with Gasteiger partial charge in [-0.1, -0.05) is 54.2 Å². The summed E-state index contributed by atoms with van der Waals surface area (Å²) in [4.78, 5) is 0. The molecule has 1 aliphatic rings. The van der Waals surface area contributed by atoms with Crippen molar-refractivity contribution in [2.45, 2.75) is 36.3 Å². The van der Waals surface area contributed by atoms with E-state index in [0.29, 0.717) is 0 Å². The Morgan fingerprint density at radius 2 is 1.85 bits per heavy atom. The number of halogens is 1. The van der Waals surface area contributed by atoms with Crippen molar-refractivity contribution in [1.29, 1.82) is 0 Å². The zero-order chi connectivity index (χ0) is 17.8. The van der Waals surface area contributed by atoms with Gasteiger partial charge >= 0.3 is 0 Å². The van der Waals surface area contributed by atoms with E-state index in [0.717, 1.165) is 41.8 Å². The number of nitrogens with zero attached hydrogens (tertiary/aromatic N) is 3. The Morgan fingerprint density at radius 1 is 1.04 bits per heavy atom. The largest absolute Gasteiger partial charge is 0.307 e. The summed E-state index contributed by atoms with van der Waals surface area (Å²) >= 11 is 1.64. The molecular weight excluding hydrogens is 347 g/mol. The first kappa shape index (κ1) is 17.2. The van der Waals surface area contributed by atoms with Crippen molar-refractivity contribution < 1.29 is 4.39 Å². The fraction of sp³-hybridized carbons (Fsp3) is 0.300. The molecule has 1 N–H and O–H groups in total. The molecule has 1 unspecified atom stereocenters. The lowest BCUT2D eigenvalue weighted by Gasteiger charge is -2.14. The van der Waals surface area contributed by atoms with E-state index < -0.39 is 0 Å². The zero-order valence-electron chi connectivity index (χ0n) is 14.4. The Bertz CT molecular complexity index is 842. The third kappa shape index (κ3) is 3.97. The fourth-order valence-electron chi connectivity index (χ4n) is 3.21. The molecule has 0 aliphatic carbocycles. The first-order chi connectivity index (χ1) is 12.8. The molecule has 1 aromatic heterocycles. The minimum Gasteiger partial charge on any atom is -0.307 e. The molecule has 1 atom stereocenters.